The smallest absolute Gasteiger partial charge is 0.301 e. The van der Waals surface area contributed by atoms with E-state index in [0.717, 1.165) is 16.7 Å². The van der Waals surface area contributed by atoms with Gasteiger partial charge in [0.2, 0.25) is 0 Å². The lowest BCUT2D eigenvalue weighted by Crippen LogP contribution is -2.30. The largest absolute Gasteiger partial charge is 0.507 e. The zero-order valence-electron chi connectivity index (χ0n) is 32.2. The average molecular weight is 787 g/mol. The lowest BCUT2D eigenvalue weighted by molar-refractivity contribution is -0.132. The molecule has 2 aromatic heterocycles. The van der Waals surface area contributed by atoms with E-state index in [0.29, 0.717) is 22.4 Å². The van der Waals surface area contributed by atoms with Crippen molar-refractivity contribution in [2.75, 3.05) is 16.9 Å². The van der Waals surface area contributed by atoms with Crippen molar-refractivity contribution in [3.8, 4) is 11.5 Å². The normalized spacial score (nSPS) is 18.1. The minimum atomic E-state index is -0.949. The van der Waals surface area contributed by atoms with Gasteiger partial charge in [-0.05, 0) is 61.4 Å². The molecule has 0 spiro atoms. The number of aromatic hydroxyl groups is 1. The minimum Gasteiger partial charge on any atom is -0.507 e. The number of carbonyl (C=O) groups excluding carboxylic acids is 4. The van der Waals surface area contributed by atoms with Crippen molar-refractivity contribution in [2.24, 2.45) is 0 Å². The predicted molar refractivity (Wildman–Crippen MR) is 221 cm³/mol. The quantitative estimate of drug-likeness (QED) is 0.0826. The number of phenolic OH excluding ortho intramolecular Hbond substituents is 1. The van der Waals surface area contributed by atoms with Gasteiger partial charge in [0.15, 0.2) is 11.5 Å². The summed E-state index contributed by atoms with van der Waals surface area (Å²) < 4.78 is 5.19. The first-order valence-corrected chi connectivity index (χ1v) is 18.5. The molecule has 4 aromatic carbocycles. The van der Waals surface area contributed by atoms with Crippen LogP contribution in [0.1, 0.15) is 45.5 Å². The topological polar surface area (TPSA) is 170 Å². The summed E-state index contributed by atoms with van der Waals surface area (Å²) in [5, 5.41) is 32.0. The first kappa shape index (κ1) is 39.4. The number of methoxy groups -OCH3 is 1. The van der Waals surface area contributed by atoms with E-state index in [2.05, 4.69) is 9.97 Å². The second-order valence-corrected chi connectivity index (χ2v) is 13.8. The maximum atomic E-state index is 13.0. The molecule has 6 aromatic rings. The summed E-state index contributed by atoms with van der Waals surface area (Å²) in [6, 6.07) is 34.6. The fourth-order valence-electron chi connectivity index (χ4n) is 7.02. The van der Waals surface area contributed by atoms with Crippen LogP contribution in [0, 0.1) is 13.8 Å². The van der Waals surface area contributed by atoms with Crippen molar-refractivity contribution in [1.82, 2.24) is 9.97 Å². The number of carbonyl (C=O) groups is 4. The summed E-state index contributed by atoms with van der Waals surface area (Å²) >= 11 is 0. The zero-order chi connectivity index (χ0) is 41.8. The van der Waals surface area contributed by atoms with Crippen molar-refractivity contribution in [2.45, 2.75) is 25.9 Å². The number of nitrogens with zero attached hydrogens (tertiary/aromatic N) is 4. The molecule has 4 heterocycles. The van der Waals surface area contributed by atoms with Gasteiger partial charge in [-0.2, -0.15) is 0 Å². The van der Waals surface area contributed by atoms with Crippen molar-refractivity contribution < 1.29 is 39.2 Å². The van der Waals surface area contributed by atoms with Gasteiger partial charge in [-0.15, -0.1) is 0 Å². The van der Waals surface area contributed by atoms with Crippen LogP contribution in [0.4, 0.5) is 11.5 Å². The monoisotopic (exact) mass is 786 g/mol. The summed E-state index contributed by atoms with van der Waals surface area (Å²) in [5.74, 6) is -3.12. The number of aryl methyl sites for hydroxylation is 2. The molecule has 2 atom stereocenters. The Labute approximate surface area is 339 Å². The number of ether oxygens (including phenoxy) is 1. The molecule has 2 aliphatic rings. The highest BCUT2D eigenvalue weighted by Gasteiger charge is 2.48. The third-order valence-corrected chi connectivity index (χ3v) is 9.99. The molecule has 294 valence electrons. The number of amides is 2. The lowest BCUT2D eigenvalue weighted by Gasteiger charge is -2.25. The molecule has 3 N–H and O–H groups in total. The number of ketones is 2. The highest BCUT2D eigenvalue weighted by Crippen LogP contribution is 2.44. The number of benzene rings is 4. The maximum Gasteiger partial charge on any atom is 0.301 e. The summed E-state index contributed by atoms with van der Waals surface area (Å²) in [6.07, 6.45) is 4.66. The summed E-state index contributed by atoms with van der Waals surface area (Å²) in [5.41, 5.74) is 4.74. The zero-order valence-corrected chi connectivity index (χ0v) is 32.2. The number of aliphatic hydroxyl groups excluding tert-OH is 2. The number of pyridine rings is 2. The van der Waals surface area contributed by atoms with Gasteiger partial charge in [0.25, 0.3) is 17.5 Å². The Morgan fingerprint density at radius 2 is 1.17 bits per heavy atom. The Balaban J connectivity index is 0.000000179. The molecule has 2 unspecified atom stereocenters. The number of phenols is 1. The second-order valence-electron chi connectivity index (χ2n) is 13.8. The molecule has 0 aliphatic carbocycles. The van der Waals surface area contributed by atoms with Gasteiger partial charge in [-0.25, -0.2) is 4.98 Å². The molecule has 0 saturated carbocycles. The average Bonchev–Trinajstić information content (AvgIpc) is 3.69. The van der Waals surface area contributed by atoms with Crippen LogP contribution in [0.5, 0.6) is 11.5 Å². The lowest BCUT2D eigenvalue weighted by atomic mass is 9.94. The molecule has 2 aliphatic heterocycles. The second kappa shape index (κ2) is 16.7. The van der Waals surface area contributed by atoms with E-state index >= 15 is 0 Å². The van der Waals surface area contributed by atoms with Gasteiger partial charge in [0, 0.05) is 23.5 Å². The number of aliphatic hydroxyl groups is 2. The van der Waals surface area contributed by atoms with E-state index in [-0.39, 0.29) is 40.0 Å². The number of Topliss-reactive ketones (excluding diaryl/α,β-unsaturated/α-hetero) is 2. The van der Waals surface area contributed by atoms with Gasteiger partial charge in [-0.1, -0.05) is 102 Å². The number of rotatable bonds is 7. The molecule has 8 rings (SSSR count). The van der Waals surface area contributed by atoms with E-state index in [9.17, 15) is 34.5 Å². The van der Waals surface area contributed by atoms with Crippen molar-refractivity contribution in [1.29, 1.82) is 0 Å². The van der Waals surface area contributed by atoms with E-state index in [1.807, 2.05) is 50.2 Å². The summed E-state index contributed by atoms with van der Waals surface area (Å²) in [4.78, 5) is 62.9. The van der Waals surface area contributed by atoms with Crippen molar-refractivity contribution >= 4 is 46.4 Å². The van der Waals surface area contributed by atoms with E-state index < -0.39 is 35.5 Å². The van der Waals surface area contributed by atoms with Gasteiger partial charge in [0.1, 0.15) is 17.3 Å². The van der Waals surface area contributed by atoms with Crippen molar-refractivity contribution in [3.63, 3.8) is 0 Å². The number of hydrogen-bond acceptors (Lipinski definition) is 10. The molecule has 0 radical (unpaired) electrons. The molecular weight excluding hydrogens is 749 g/mol. The Hall–Kier alpha value is -7.86. The fourth-order valence-corrected chi connectivity index (χ4v) is 7.02. The third kappa shape index (κ3) is 7.66. The molecule has 2 saturated heterocycles. The SMILES string of the molecule is COc1cc(C2C(=C(O)c3ccccc3)C(=O)C(=O)N2c2ccccn2)ccc1O.Cc1ccc(C(O)=C2C(=O)C(=O)N(c3cccnc3)C2c2ccc(C)cc2)cc1. The molecule has 0 bridgehead atoms. The molecule has 2 amide bonds. The third-order valence-electron chi connectivity index (χ3n) is 9.99. The number of anilines is 2. The summed E-state index contributed by atoms with van der Waals surface area (Å²) in [7, 11) is 1.40. The number of aromatic nitrogens is 2. The molecule has 59 heavy (non-hydrogen) atoms. The van der Waals surface area contributed by atoms with Crippen LogP contribution in [-0.2, 0) is 19.2 Å². The number of hydrogen-bond donors (Lipinski definition) is 3. The summed E-state index contributed by atoms with van der Waals surface area (Å²) in [6.45, 7) is 3.91. The standard InChI is InChI=1S/C24H20N2O3.C23H18N2O5/c1-15-5-9-17(10-6-15)21-20(22(27)18-11-7-16(2)8-12-18)23(28)24(29)26(21)19-4-3-13-25-14-19;1-30-17-13-15(10-11-16(17)26)20-19(21(27)14-7-3-2-4-8-14)22(28)23(29)25(20)18-9-5-6-12-24-18/h3-14,21,27H,1-2H3;2-13,20,26-27H,1H3. The Kier molecular flexibility index (Phi) is 11.1. The highest BCUT2D eigenvalue weighted by atomic mass is 16.5. The van der Waals surface area contributed by atoms with Crippen LogP contribution in [0.3, 0.4) is 0 Å². The van der Waals surface area contributed by atoms with Crippen LogP contribution in [0.2, 0.25) is 0 Å². The van der Waals surface area contributed by atoms with Crippen LogP contribution in [-0.4, -0.2) is 55.8 Å². The van der Waals surface area contributed by atoms with Crippen LogP contribution < -0.4 is 14.5 Å². The predicted octanol–water partition coefficient (Wildman–Crippen LogP) is 7.75. The van der Waals surface area contributed by atoms with Gasteiger partial charge >= 0.3 is 5.91 Å². The first-order chi connectivity index (χ1) is 28.5. The van der Waals surface area contributed by atoms with Gasteiger partial charge in [-0.3, -0.25) is 34.0 Å². The first-order valence-electron chi connectivity index (χ1n) is 18.5. The molecule has 12 nitrogen and oxygen atoms in total. The minimum absolute atomic E-state index is 0.0652. The molecular formula is C47H38N4O8. The van der Waals surface area contributed by atoms with Crippen LogP contribution >= 0.6 is 0 Å². The molecule has 2 fully saturated rings. The Morgan fingerprint density at radius 3 is 1.75 bits per heavy atom. The van der Waals surface area contributed by atoms with E-state index in [1.165, 1.54) is 41.4 Å². The maximum absolute atomic E-state index is 13.0. The van der Waals surface area contributed by atoms with E-state index in [4.69, 9.17) is 4.74 Å². The van der Waals surface area contributed by atoms with Gasteiger partial charge in [0.05, 0.1) is 42.2 Å². The Bertz CT molecular complexity index is 2610. The fraction of sp³-hybridized carbons (Fsp3) is 0.106. The molecule has 12 heteroatoms. The van der Waals surface area contributed by atoms with E-state index in [1.54, 1.807) is 85.1 Å². The van der Waals surface area contributed by atoms with Crippen LogP contribution in [0.15, 0.2) is 157 Å². The van der Waals surface area contributed by atoms with Crippen molar-refractivity contribution in [3.05, 3.63) is 191 Å². The Morgan fingerprint density at radius 1 is 0.610 bits per heavy atom. The van der Waals surface area contributed by atoms with Gasteiger partial charge < -0.3 is 20.1 Å². The highest BCUT2D eigenvalue weighted by molar-refractivity contribution is 6.52. The van der Waals surface area contributed by atoms with Crippen LogP contribution in [0.25, 0.3) is 11.5 Å².